The van der Waals surface area contributed by atoms with Crippen LogP contribution in [0.1, 0.15) is 83.1 Å². The van der Waals surface area contributed by atoms with Gasteiger partial charge < -0.3 is 25.0 Å². The smallest absolute Gasteiger partial charge is 0.410 e. The Morgan fingerprint density at radius 1 is 0.780 bits per heavy atom. The van der Waals surface area contributed by atoms with Crippen LogP contribution in [0.4, 0.5) is 9.59 Å². The minimum atomic E-state index is -1.37. The van der Waals surface area contributed by atoms with Gasteiger partial charge in [-0.25, -0.2) is 27.5 Å². The van der Waals surface area contributed by atoms with Crippen molar-refractivity contribution in [3.05, 3.63) is 0 Å². The minimum Gasteiger partial charge on any atom is -0.444 e. The Morgan fingerprint density at radius 3 is 1.41 bits per heavy atom. The Morgan fingerprint density at radius 2 is 1.12 bits per heavy atom. The van der Waals surface area contributed by atoms with Gasteiger partial charge in [-0.2, -0.15) is 5.26 Å². The van der Waals surface area contributed by atoms with Gasteiger partial charge in [0.05, 0.1) is 63.7 Å². The molecule has 2 fully saturated rings. The summed E-state index contributed by atoms with van der Waals surface area (Å²) >= 11 is 0. The van der Waals surface area contributed by atoms with Gasteiger partial charge in [-0.05, 0) is 83.1 Å². The summed E-state index contributed by atoms with van der Waals surface area (Å²) in [6.45, 7) is 22.4. The van der Waals surface area contributed by atoms with Gasteiger partial charge in [0.2, 0.25) is 0 Å². The number of nitrogens with two attached hydrogens (primary N) is 1. The normalized spacial score (nSPS) is 19.7. The lowest BCUT2D eigenvalue weighted by Crippen LogP contribution is -2.76. The molecule has 0 spiro atoms. The average Bonchev–Trinajstić information content (AvgIpc) is 2.68. The largest absolute Gasteiger partial charge is 0.444 e. The molecule has 2 rings (SSSR count). The molecule has 13 nitrogen and oxygen atoms in total. The van der Waals surface area contributed by atoms with E-state index in [-0.39, 0.29) is 32.0 Å². The second-order valence-corrected chi connectivity index (χ2v) is 18.3. The molecule has 2 saturated heterocycles. The molecular weight excluding hydrogens is 570 g/mol. The van der Waals surface area contributed by atoms with Crippen molar-refractivity contribution in [1.82, 2.24) is 19.2 Å². The molecule has 0 aliphatic carbocycles. The third-order valence-corrected chi connectivity index (χ3v) is 8.94. The zero-order valence-electron chi connectivity index (χ0n) is 26.5. The molecule has 2 aliphatic heterocycles. The zero-order chi connectivity index (χ0) is 32.4. The quantitative estimate of drug-likeness (QED) is 0.266. The summed E-state index contributed by atoms with van der Waals surface area (Å²) < 4.78 is 39.5. The van der Waals surface area contributed by atoms with Crippen molar-refractivity contribution in [2.75, 3.05) is 26.2 Å². The van der Waals surface area contributed by atoms with E-state index in [1.807, 2.05) is 41.5 Å². The summed E-state index contributed by atoms with van der Waals surface area (Å²) in [5, 5.41) is 17.0. The van der Waals surface area contributed by atoms with Gasteiger partial charge in [-0.1, -0.05) is 0 Å². The molecule has 5 N–H and O–H groups in total. The highest BCUT2D eigenvalue weighted by atomic mass is 32.2. The number of rotatable bonds is 5. The lowest BCUT2D eigenvalue weighted by atomic mass is 9.90. The van der Waals surface area contributed by atoms with E-state index in [0.717, 1.165) is 0 Å². The first-order valence-corrected chi connectivity index (χ1v) is 15.6. The van der Waals surface area contributed by atoms with E-state index < -0.39 is 65.9 Å². The molecule has 0 aromatic heterocycles. The van der Waals surface area contributed by atoms with Crippen LogP contribution in [0.5, 0.6) is 0 Å². The van der Waals surface area contributed by atoms with E-state index >= 15 is 0 Å². The number of hydrogen-bond donors (Lipinski definition) is 4. The van der Waals surface area contributed by atoms with Gasteiger partial charge in [0.25, 0.3) is 0 Å². The molecule has 41 heavy (non-hydrogen) atoms. The van der Waals surface area contributed by atoms with Gasteiger partial charge in [-0.15, -0.1) is 0 Å². The van der Waals surface area contributed by atoms with Crippen molar-refractivity contribution in [1.29, 1.82) is 10.7 Å². The molecule has 0 bridgehead atoms. The van der Waals surface area contributed by atoms with Crippen LogP contribution in [-0.4, -0.2) is 94.2 Å². The summed E-state index contributed by atoms with van der Waals surface area (Å²) in [5.41, 5.74) is 2.59. The summed E-state index contributed by atoms with van der Waals surface area (Å²) in [7, 11) is -2.73. The maximum atomic E-state index is 12.2. The third kappa shape index (κ3) is 10.8. The molecule has 15 heteroatoms. The second kappa shape index (κ2) is 12.5. The van der Waals surface area contributed by atoms with Crippen LogP contribution < -0.4 is 15.2 Å². The Labute approximate surface area is 249 Å². The fourth-order valence-corrected chi connectivity index (χ4v) is 4.97. The number of ether oxygens (including phenoxy) is 2. The molecule has 0 aromatic carbocycles. The molecule has 2 heterocycles. The fourth-order valence-electron chi connectivity index (χ4n) is 3.23. The standard InChI is InChI=1S/C13H26N4O3S.C13H23N3O3S/c1-11(2,3)20-10(18)17-7-13(8-17,9(14)15)16-21(19)12(4,5)6;1-11(2,3)19-10(17)16-8-13(7-14,9-16)15-20(18)12(4,5)6/h16H,7-8H2,1-6H3,(H3,14,15);15H,8-9H2,1-6H3. The number of carbonyl (C=O) groups excluding carboxylic acids is 2. The Bertz CT molecular complexity index is 1080. The van der Waals surface area contributed by atoms with E-state index in [1.54, 1.807) is 41.5 Å². The number of nitrogens with zero attached hydrogens (tertiary/aromatic N) is 3. The van der Waals surface area contributed by atoms with Crippen molar-refractivity contribution in [3.63, 3.8) is 0 Å². The molecule has 0 radical (unpaired) electrons. The summed E-state index contributed by atoms with van der Waals surface area (Å²) in [6, 6.07) is 2.11. The lowest BCUT2D eigenvalue weighted by Gasteiger charge is -2.49. The highest BCUT2D eigenvalue weighted by Gasteiger charge is 2.51. The lowest BCUT2D eigenvalue weighted by molar-refractivity contribution is -0.00159. The number of nitrogens with one attached hydrogen (secondary N) is 3. The molecule has 0 saturated carbocycles. The van der Waals surface area contributed by atoms with Crippen LogP contribution in [0, 0.1) is 16.7 Å². The highest BCUT2D eigenvalue weighted by Crippen LogP contribution is 2.27. The zero-order valence-corrected chi connectivity index (χ0v) is 28.1. The Hall–Kier alpha value is -2.28. The second-order valence-electron chi connectivity index (χ2n) is 14.3. The minimum absolute atomic E-state index is 0.125. The van der Waals surface area contributed by atoms with Crippen LogP contribution in [0.2, 0.25) is 0 Å². The van der Waals surface area contributed by atoms with Crippen molar-refractivity contribution < 1.29 is 27.5 Å². The van der Waals surface area contributed by atoms with E-state index in [1.165, 1.54) is 9.80 Å². The van der Waals surface area contributed by atoms with Crippen molar-refractivity contribution >= 4 is 40.0 Å². The van der Waals surface area contributed by atoms with Gasteiger partial charge in [0, 0.05) is 0 Å². The first-order chi connectivity index (χ1) is 18.2. The number of amides is 2. The molecule has 2 aliphatic rings. The Kier molecular flexibility index (Phi) is 11.2. The number of carbonyl (C=O) groups is 2. The molecule has 236 valence electrons. The van der Waals surface area contributed by atoms with Crippen LogP contribution >= 0.6 is 0 Å². The molecule has 2 unspecified atom stereocenters. The van der Waals surface area contributed by atoms with E-state index in [9.17, 15) is 23.3 Å². The van der Waals surface area contributed by atoms with Crippen molar-refractivity contribution in [2.24, 2.45) is 5.73 Å². The fraction of sp³-hybridized carbons (Fsp3) is 0.846. The van der Waals surface area contributed by atoms with Gasteiger partial charge in [0.1, 0.15) is 22.6 Å². The average molecular weight is 620 g/mol. The number of nitriles is 1. The highest BCUT2D eigenvalue weighted by molar-refractivity contribution is 7.84. The van der Waals surface area contributed by atoms with Crippen LogP contribution in [-0.2, 0) is 31.4 Å². The van der Waals surface area contributed by atoms with Gasteiger partial charge in [-0.3, -0.25) is 5.41 Å². The molecule has 0 aromatic rings. The van der Waals surface area contributed by atoms with Crippen LogP contribution in [0.25, 0.3) is 0 Å². The molecule has 2 amide bonds. The third-order valence-electron chi connectivity index (χ3n) is 5.56. The molecule has 2 atom stereocenters. The van der Waals surface area contributed by atoms with Crippen LogP contribution in [0.3, 0.4) is 0 Å². The summed E-state index contributed by atoms with van der Waals surface area (Å²) in [5.74, 6) is -0.125. The van der Waals surface area contributed by atoms with E-state index in [2.05, 4.69) is 15.5 Å². The monoisotopic (exact) mass is 619 g/mol. The number of amidine groups is 1. The predicted molar refractivity (Wildman–Crippen MR) is 161 cm³/mol. The topological polar surface area (TPSA) is 191 Å². The van der Waals surface area contributed by atoms with Crippen molar-refractivity contribution in [2.45, 2.75) is 115 Å². The number of likely N-dealkylation sites (tertiary alicyclic amines) is 2. The maximum Gasteiger partial charge on any atom is 0.410 e. The molecular formula is C26H49N7O6S2. The summed E-state index contributed by atoms with van der Waals surface area (Å²) in [6.07, 6.45) is -0.908. The van der Waals surface area contributed by atoms with E-state index in [0.29, 0.717) is 0 Å². The van der Waals surface area contributed by atoms with Gasteiger partial charge in [0.15, 0.2) is 5.54 Å². The first kappa shape index (κ1) is 36.7. The maximum absolute atomic E-state index is 12.2. The Balaban J connectivity index is 0.000000410. The van der Waals surface area contributed by atoms with E-state index in [4.69, 9.17) is 20.6 Å². The van der Waals surface area contributed by atoms with Crippen molar-refractivity contribution in [3.8, 4) is 6.07 Å². The van der Waals surface area contributed by atoms with Gasteiger partial charge >= 0.3 is 12.2 Å². The SMILES string of the molecule is CC(C)(C)OC(=O)N1CC(C#N)(NS(=O)C(C)(C)C)C1.CC(C)(C)OC(=O)N1CC(NS(=O)C(C)(C)C)(C(=N)N)C1. The van der Waals surface area contributed by atoms with Crippen LogP contribution in [0.15, 0.2) is 0 Å². The number of hydrogen-bond acceptors (Lipinski definition) is 8. The predicted octanol–water partition coefficient (Wildman–Crippen LogP) is 2.51. The first-order valence-electron chi connectivity index (χ1n) is 13.3. The summed E-state index contributed by atoms with van der Waals surface area (Å²) in [4.78, 5) is 26.6.